The van der Waals surface area contributed by atoms with Gasteiger partial charge in [-0.05, 0) is 25.8 Å². The van der Waals surface area contributed by atoms with Gasteiger partial charge in [0.25, 0.3) is 0 Å². The van der Waals surface area contributed by atoms with Crippen LogP contribution in [-0.2, 0) is 14.2 Å². The fourth-order valence-electron chi connectivity index (χ4n) is 6.52. The number of aliphatic hydroxyl groups excluding tert-OH is 2. The molecule has 2 aliphatic carbocycles. The summed E-state index contributed by atoms with van der Waals surface area (Å²) >= 11 is 0. The van der Waals surface area contributed by atoms with Gasteiger partial charge in [-0.3, -0.25) is 0 Å². The van der Waals surface area contributed by atoms with E-state index in [0.717, 1.165) is 5.57 Å². The number of rotatable bonds is 2. The molecule has 1 saturated carbocycles. The number of methoxy groups -OCH3 is 1. The van der Waals surface area contributed by atoms with Crippen LogP contribution in [0.4, 0.5) is 0 Å². The monoisotopic (exact) mass is 419 g/mol. The summed E-state index contributed by atoms with van der Waals surface area (Å²) in [5, 5.41) is 21.7. The first-order valence-corrected chi connectivity index (χ1v) is 11.2. The summed E-state index contributed by atoms with van der Waals surface area (Å²) < 4.78 is 18.7. The smallest absolute Gasteiger partial charge is 0.130 e. The van der Waals surface area contributed by atoms with Crippen LogP contribution in [0.15, 0.2) is 36.1 Å². The van der Waals surface area contributed by atoms with Gasteiger partial charge >= 0.3 is 0 Å². The first kappa shape index (κ1) is 22.0. The van der Waals surface area contributed by atoms with Gasteiger partial charge in [-0.25, -0.2) is 0 Å². The molecule has 4 rings (SSSR count). The lowest BCUT2D eigenvalue weighted by molar-refractivity contribution is -0.0894. The molecule has 0 amide bonds. The second kappa shape index (κ2) is 7.75. The summed E-state index contributed by atoms with van der Waals surface area (Å²) in [6, 6.07) is -0.216. The highest BCUT2D eigenvalue weighted by Gasteiger charge is 2.67. The van der Waals surface area contributed by atoms with E-state index in [1.807, 2.05) is 13.8 Å². The lowest BCUT2D eigenvalue weighted by Gasteiger charge is -2.49. The number of ether oxygens (including phenoxy) is 3. The molecule has 30 heavy (non-hydrogen) atoms. The predicted molar refractivity (Wildman–Crippen MR) is 114 cm³/mol. The van der Waals surface area contributed by atoms with Gasteiger partial charge in [-0.1, -0.05) is 38.7 Å². The Bertz CT molecular complexity index is 748. The Morgan fingerprint density at radius 3 is 2.67 bits per heavy atom. The average molecular weight is 420 g/mol. The molecule has 0 aromatic carbocycles. The van der Waals surface area contributed by atoms with Crippen molar-refractivity contribution in [2.45, 2.75) is 76.3 Å². The Morgan fingerprint density at radius 2 is 2.03 bits per heavy atom. The quantitative estimate of drug-likeness (QED) is 0.594. The third kappa shape index (κ3) is 3.03. The average Bonchev–Trinajstić information content (AvgIpc) is 2.91. The Labute approximate surface area is 179 Å². The number of hydrogen-bond acceptors (Lipinski definition) is 6. The largest absolute Gasteiger partial charge is 0.489 e. The Morgan fingerprint density at radius 1 is 1.33 bits per heavy atom. The van der Waals surface area contributed by atoms with Crippen molar-refractivity contribution >= 4 is 0 Å². The molecule has 0 aromatic rings. The Balaban J connectivity index is 1.86. The van der Waals surface area contributed by atoms with Gasteiger partial charge in [-0.2, -0.15) is 0 Å². The van der Waals surface area contributed by atoms with Gasteiger partial charge in [0.05, 0.1) is 18.3 Å². The fourth-order valence-corrected chi connectivity index (χ4v) is 6.52. The molecule has 1 spiro atoms. The molecule has 168 valence electrons. The lowest BCUT2D eigenvalue weighted by atomic mass is 9.57. The minimum Gasteiger partial charge on any atom is -0.489 e. The van der Waals surface area contributed by atoms with Gasteiger partial charge < -0.3 is 30.2 Å². The van der Waals surface area contributed by atoms with E-state index in [1.165, 1.54) is 0 Å². The van der Waals surface area contributed by atoms with Crippen LogP contribution >= 0.6 is 0 Å². The molecular weight excluding hydrogens is 382 g/mol. The van der Waals surface area contributed by atoms with Crippen molar-refractivity contribution in [2.24, 2.45) is 35.3 Å². The van der Waals surface area contributed by atoms with E-state index in [-0.39, 0.29) is 47.8 Å². The molecule has 6 nitrogen and oxygen atoms in total. The van der Waals surface area contributed by atoms with Crippen LogP contribution in [0.1, 0.15) is 34.1 Å². The molecule has 4 N–H and O–H groups in total. The van der Waals surface area contributed by atoms with E-state index < -0.39 is 23.9 Å². The lowest BCUT2D eigenvalue weighted by Crippen LogP contribution is -2.58. The highest BCUT2D eigenvalue weighted by molar-refractivity contribution is 5.35. The van der Waals surface area contributed by atoms with Crippen molar-refractivity contribution in [1.29, 1.82) is 0 Å². The summed E-state index contributed by atoms with van der Waals surface area (Å²) in [6.45, 7) is 12.0. The SMILES string of the molecule is C=C1O[C@H]([C@@H](C)O)[C@H](C)/C=C(\C)[C@@]23O[C@H]4[C@@H](N)[C@H](C)[C@@H](O)[C@@H]2[C@H]4C=C[C@@H]3C[C@@H]1OC. The minimum atomic E-state index is -0.673. The van der Waals surface area contributed by atoms with E-state index >= 15 is 0 Å². The molecule has 4 bridgehead atoms. The Hall–Kier alpha value is -1.18. The van der Waals surface area contributed by atoms with Crippen molar-refractivity contribution < 1.29 is 24.4 Å². The molecule has 2 aliphatic heterocycles. The van der Waals surface area contributed by atoms with E-state index in [0.29, 0.717) is 12.2 Å². The highest BCUT2D eigenvalue weighted by atomic mass is 16.5. The van der Waals surface area contributed by atoms with Crippen molar-refractivity contribution in [3.8, 4) is 0 Å². The molecule has 6 heteroatoms. The summed E-state index contributed by atoms with van der Waals surface area (Å²) in [5.74, 6) is 0.423. The molecule has 0 unspecified atom stereocenters. The van der Waals surface area contributed by atoms with Crippen LogP contribution in [0.25, 0.3) is 0 Å². The number of aliphatic hydroxyl groups is 2. The fraction of sp³-hybridized carbons (Fsp3) is 0.750. The highest BCUT2D eigenvalue weighted by Crippen LogP contribution is 2.60. The van der Waals surface area contributed by atoms with Crippen LogP contribution in [0.5, 0.6) is 0 Å². The van der Waals surface area contributed by atoms with Crippen molar-refractivity contribution in [1.82, 2.24) is 0 Å². The van der Waals surface area contributed by atoms with Gasteiger partial charge in [0.2, 0.25) is 0 Å². The van der Waals surface area contributed by atoms with Crippen molar-refractivity contribution in [3.63, 3.8) is 0 Å². The molecular formula is C24H37NO5. The maximum absolute atomic E-state index is 11.3. The normalized spacial score (nSPS) is 53.3. The summed E-state index contributed by atoms with van der Waals surface area (Å²) in [7, 11) is 1.65. The van der Waals surface area contributed by atoms with Crippen LogP contribution in [-0.4, -0.2) is 59.5 Å². The van der Waals surface area contributed by atoms with Crippen LogP contribution in [0.2, 0.25) is 0 Å². The molecule has 2 fully saturated rings. The van der Waals surface area contributed by atoms with Crippen molar-refractivity contribution in [3.05, 3.63) is 36.1 Å². The molecule has 4 aliphatic rings. The molecule has 2 heterocycles. The maximum atomic E-state index is 11.3. The maximum Gasteiger partial charge on any atom is 0.130 e. The van der Waals surface area contributed by atoms with Crippen LogP contribution in [0.3, 0.4) is 0 Å². The molecule has 0 aromatic heterocycles. The van der Waals surface area contributed by atoms with E-state index in [4.69, 9.17) is 19.9 Å². The molecule has 0 radical (unpaired) electrons. The van der Waals surface area contributed by atoms with Gasteiger partial charge in [0.1, 0.15) is 23.6 Å². The zero-order valence-corrected chi connectivity index (χ0v) is 18.7. The third-order valence-electron chi connectivity index (χ3n) is 8.15. The number of hydrogen-bond donors (Lipinski definition) is 3. The molecule has 1 saturated heterocycles. The van der Waals surface area contributed by atoms with Gasteiger partial charge in [0, 0.05) is 42.7 Å². The second-order valence-corrected chi connectivity index (χ2v) is 9.86. The van der Waals surface area contributed by atoms with Gasteiger partial charge in [0.15, 0.2) is 0 Å². The van der Waals surface area contributed by atoms with Crippen LogP contribution < -0.4 is 5.73 Å². The van der Waals surface area contributed by atoms with E-state index in [9.17, 15) is 10.2 Å². The molecule has 12 atom stereocenters. The zero-order chi connectivity index (χ0) is 22.0. The Kier molecular flexibility index (Phi) is 5.69. The zero-order valence-electron chi connectivity index (χ0n) is 18.7. The third-order valence-corrected chi connectivity index (χ3v) is 8.15. The summed E-state index contributed by atoms with van der Waals surface area (Å²) in [6.07, 6.45) is 5.03. The standard InChI is InChI=1S/C24H37NO5/c1-11-9-12(2)24-16(10-18(28-6)15(5)29-22(11)14(4)26)7-8-17-19(24)21(27)13(3)20(25)23(17)30-24/h7-9,11,13-14,16-23,26-27H,5,10,25H2,1-4,6H3/b12-9+/t11-,13+,14-,16-,17-,18+,19+,20+,21-,22+,23-,24+/m1/s1. The van der Waals surface area contributed by atoms with E-state index in [1.54, 1.807) is 14.0 Å². The van der Waals surface area contributed by atoms with Gasteiger partial charge in [-0.15, -0.1) is 0 Å². The van der Waals surface area contributed by atoms with Crippen molar-refractivity contribution in [2.75, 3.05) is 7.11 Å². The first-order chi connectivity index (χ1) is 14.1. The van der Waals surface area contributed by atoms with E-state index in [2.05, 4.69) is 31.7 Å². The number of nitrogens with two attached hydrogens (primary N) is 1. The second-order valence-electron chi connectivity index (χ2n) is 9.86. The summed E-state index contributed by atoms with van der Waals surface area (Å²) in [5.41, 5.74) is 6.94. The predicted octanol–water partition coefficient (Wildman–Crippen LogP) is 2.16. The summed E-state index contributed by atoms with van der Waals surface area (Å²) in [4.78, 5) is 0. The first-order valence-electron chi connectivity index (χ1n) is 11.2. The topological polar surface area (TPSA) is 94.2 Å². The minimum absolute atomic E-state index is 0.00671. The van der Waals surface area contributed by atoms with Crippen LogP contribution in [0, 0.1) is 29.6 Å².